The van der Waals surface area contributed by atoms with Crippen molar-refractivity contribution in [3.63, 3.8) is 0 Å². The first kappa shape index (κ1) is 17.7. The molecule has 2 aromatic heterocycles. The smallest absolute Gasteiger partial charge is 0.255 e. The summed E-state index contributed by atoms with van der Waals surface area (Å²) < 4.78 is 20.7. The zero-order valence-corrected chi connectivity index (χ0v) is 15.4. The van der Waals surface area contributed by atoms with Crippen LogP contribution in [0.4, 0.5) is 10.1 Å². The van der Waals surface area contributed by atoms with E-state index in [1.807, 2.05) is 41.9 Å². The van der Waals surface area contributed by atoms with Crippen LogP contribution in [-0.4, -0.2) is 22.4 Å². The van der Waals surface area contributed by atoms with E-state index in [9.17, 15) is 9.18 Å². The number of aryl methyl sites for hydroxylation is 1. The maximum absolute atomic E-state index is 13.4. The Kier molecular flexibility index (Phi) is 4.53. The molecule has 4 rings (SSSR count). The summed E-state index contributed by atoms with van der Waals surface area (Å²) in [5, 5.41) is 2.79. The Hall–Kier alpha value is -3.67. The van der Waals surface area contributed by atoms with E-state index in [-0.39, 0.29) is 5.56 Å². The standard InChI is InChI=1S/C22H18FN3O2/c1-14-8-9-26-13-19(24-21(26)10-14)15-6-7-20(28-2)18(12-15)25-22(27)16-4-3-5-17(23)11-16/h3-13H,1-2H3,(H,25,27). The molecular weight excluding hydrogens is 357 g/mol. The van der Waals surface area contributed by atoms with Crippen molar-refractivity contribution in [3.05, 3.63) is 83.9 Å². The summed E-state index contributed by atoms with van der Waals surface area (Å²) in [5.74, 6) is -0.373. The highest BCUT2D eigenvalue weighted by Crippen LogP contribution is 2.31. The van der Waals surface area contributed by atoms with E-state index in [4.69, 9.17) is 4.74 Å². The first-order valence-corrected chi connectivity index (χ1v) is 8.74. The van der Waals surface area contributed by atoms with Crippen molar-refractivity contribution >= 4 is 17.2 Å². The molecule has 2 aromatic carbocycles. The molecule has 1 N–H and O–H groups in total. The second kappa shape index (κ2) is 7.15. The number of ether oxygens (including phenoxy) is 1. The van der Waals surface area contributed by atoms with Crippen LogP contribution in [0, 0.1) is 12.7 Å². The van der Waals surface area contributed by atoms with Crippen molar-refractivity contribution < 1.29 is 13.9 Å². The Morgan fingerprint density at radius 3 is 2.79 bits per heavy atom. The highest BCUT2D eigenvalue weighted by Gasteiger charge is 2.13. The fourth-order valence-corrected chi connectivity index (χ4v) is 3.01. The van der Waals surface area contributed by atoms with Crippen molar-refractivity contribution in [3.8, 4) is 17.0 Å². The van der Waals surface area contributed by atoms with Crippen LogP contribution < -0.4 is 10.1 Å². The van der Waals surface area contributed by atoms with Gasteiger partial charge in [-0.1, -0.05) is 6.07 Å². The van der Waals surface area contributed by atoms with Crippen LogP contribution in [0.25, 0.3) is 16.9 Å². The summed E-state index contributed by atoms with van der Waals surface area (Å²) in [6.45, 7) is 2.02. The molecule has 0 radical (unpaired) electrons. The number of anilines is 1. The van der Waals surface area contributed by atoms with Crippen molar-refractivity contribution in [1.82, 2.24) is 9.38 Å². The molecule has 0 bridgehead atoms. The number of methoxy groups -OCH3 is 1. The summed E-state index contributed by atoms with van der Waals surface area (Å²) in [6, 6.07) is 15.0. The molecule has 1 amide bonds. The van der Waals surface area contributed by atoms with Crippen molar-refractivity contribution in [1.29, 1.82) is 0 Å². The van der Waals surface area contributed by atoms with E-state index in [1.54, 1.807) is 18.2 Å². The molecule has 0 aliphatic rings. The predicted octanol–water partition coefficient (Wildman–Crippen LogP) is 4.71. The monoisotopic (exact) mass is 375 g/mol. The number of imidazole rings is 1. The largest absolute Gasteiger partial charge is 0.495 e. The summed E-state index contributed by atoms with van der Waals surface area (Å²) in [7, 11) is 1.53. The number of nitrogens with one attached hydrogen (secondary N) is 1. The van der Waals surface area contributed by atoms with Crippen LogP contribution in [0.2, 0.25) is 0 Å². The topological polar surface area (TPSA) is 55.6 Å². The molecule has 0 saturated carbocycles. The maximum atomic E-state index is 13.4. The number of aromatic nitrogens is 2. The molecule has 0 atom stereocenters. The fourth-order valence-electron chi connectivity index (χ4n) is 3.01. The lowest BCUT2D eigenvalue weighted by Crippen LogP contribution is -2.13. The van der Waals surface area contributed by atoms with Gasteiger partial charge in [-0.15, -0.1) is 0 Å². The number of hydrogen-bond acceptors (Lipinski definition) is 3. The average Bonchev–Trinajstić information content (AvgIpc) is 3.11. The zero-order chi connectivity index (χ0) is 19.7. The van der Waals surface area contributed by atoms with E-state index >= 15 is 0 Å². The summed E-state index contributed by atoms with van der Waals surface area (Å²) in [6.07, 6.45) is 3.88. The van der Waals surface area contributed by atoms with Gasteiger partial charge >= 0.3 is 0 Å². The minimum absolute atomic E-state index is 0.232. The quantitative estimate of drug-likeness (QED) is 0.562. The van der Waals surface area contributed by atoms with Crippen LogP contribution >= 0.6 is 0 Å². The molecule has 0 saturated heterocycles. The Morgan fingerprint density at radius 2 is 2.00 bits per heavy atom. The van der Waals surface area contributed by atoms with E-state index in [2.05, 4.69) is 10.3 Å². The number of fused-ring (bicyclic) bond motifs is 1. The zero-order valence-electron chi connectivity index (χ0n) is 15.4. The Bertz CT molecular complexity index is 1180. The average molecular weight is 375 g/mol. The van der Waals surface area contributed by atoms with Gasteiger partial charge in [-0.05, 0) is 61.0 Å². The third-order valence-corrected chi connectivity index (χ3v) is 4.45. The molecule has 5 nitrogen and oxygen atoms in total. The maximum Gasteiger partial charge on any atom is 0.255 e. The number of carbonyl (C=O) groups is 1. The van der Waals surface area contributed by atoms with Crippen molar-refractivity contribution in [2.45, 2.75) is 6.92 Å². The first-order valence-electron chi connectivity index (χ1n) is 8.74. The van der Waals surface area contributed by atoms with Gasteiger partial charge in [0.15, 0.2) is 0 Å². The van der Waals surface area contributed by atoms with Crippen molar-refractivity contribution in [2.75, 3.05) is 12.4 Å². The number of nitrogens with zero attached hydrogens (tertiary/aromatic N) is 2. The lowest BCUT2D eigenvalue weighted by molar-refractivity contribution is 0.102. The number of pyridine rings is 1. The van der Waals surface area contributed by atoms with Crippen LogP contribution in [0.5, 0.6) is 5.75 Å². The highest BCUT2D eigenvalue weighted by atomic mass is 19.1. The van der Waals surface area contributed by atoms with Crippen LogP contribution in [-0.2, 0) is 0 Å². The SMILES string of the molecule is COc1ccc(-c2cn3ccc(C)cc3n2)cc1NC(=O)c1cccc(F)c1. The number of hydrogen-bond donors (Lipinski definition) is 1. The molecular formula is C22H18FN3O2. The van der Waals surface area contributed by atoms with Gasteiger partial charge in [0.1, 0.15) is 17.2 Å². The summed E-state index contributed by atoms with van der Waals surface area (Å²) in [5.41, 5.74) is 4.29. The molecule has 4 aromatic rings. The van der Waals surface area contributed by atoms with E-state index in [0.717, 1.165) is 22.5 Å². The molecule has 28 heavy (non-hydrogen) atoms. The normalized spacial score (nSPS) is 10.8. The van der Waals surface area contributed by atoms with E-state index < -0.39 is 11.7 Å². The molecule has 0 spiro atoms. The summed E-state index contributed by atoms with van der Waals surface area (Å²) in [4.78, 5) is 17.2. The molecule has 0 fully saturated rings. The highest BCUT2D eigenvalue weighted by molar-refractivity contribution is 6.05. The van der Waals surface area contributed by atoms with Gasteiger partial charge in [-0.25, -0.2) is 9.37 Å². The number of benzene rings is 2. The van der Waals surface area contributed by atoms with Crippen molar-refractivity contribution in [2.24, 2.45) is 0 Å². The molecule has 140 valence electrons. The summed E-state index contributed by atoms with van der Waals surface area (Å²) >= 11 is 0. The van der Waals surface area contributed by atoms with Gasteiger partial charge in [0.25, 0.3) is 5.91 Å². The predicted molar refractivity (Wildman–Crippen MR) is 106 cm³/mol. The molecule has 0 aliphatic carbocycles. The third-order valence-electron chi connectivity index (χ3n) is 4.45. The van der Waals surface area contributed by atoms with Crippen LogP contribution in [0.1, 0.15) is 15.9 Å². The lowest BCUT2D eigenvalue weighted by atomic mass is 10.1. The number of rotatable bonds is 4. The number of amides is 1. The van der Waals surface area contributed by atoms with Gasteiger partial charge < -0.3 is 14.5 Å². The Morgan fingerprint density at radius 1 is 1.14 bits per heavy atom. The molecule has 2 heterocycles. The van der Waals surface area contributed by atoms with Gasteiger partial charge in [0.2, 0.25) is 0 Å². The number of halogens is 1. The molecule has 6 heteroatoms. The van der Waals surface area contributed by atoms with Gasteiger partial charge in [-0.3, -0.25) is 4.79 Å². The van der Waals surface area contributed by atoms with Gasteiger partial charge in [0, 0.05) is 23.5 Å². The van der Waals surface area contributed by atoms with Gasteiger partial charge in [-0.2, -0.15) is 0 Å². The van der Waals surface area contributed by atoms with E-state index in [0.29, 0.717) is 11.4 Å². The van der Waals surface area contributed by atoms with Crippen LogP contribution in [0.3, 0.4) is 0 Å². The minimum atomic E-state index is -0.464. The van der Waals surface area contributed by atoms with E-state index in [1.165, 1.54) is 25.3 Å². The van der Waals surface area contributed by atoms with Gasteiger partial charge in [0.05, 0.1) is 18.5 Å². The fraction of sp³-hybridized carbons (Fsp3) is 0.0909. The Labute approximate surface area is 161 Å². The first-order chi connectivity index (χ1) is 13.5. The minimum Gasteiger partial charge on any atom is -0.495 e. The molecule has 0 unspecified atom stereocenters. The second-order valence-corrected chi connectivity index (χ2v) is 6.48. The molecule has 0 aliphatic heterocycles. The Balaban J connectivity index is 1.69. The number of carbonyl (C=O) groups excluding carboxylic acids is 1. The lowest BCUT2D eigenvalue weighted by Gasteiger charge is -2.11. The third kappa shape index (κ3) is 3.44. The van der Waals surface area contributed by atoms with Crippen LogP contribution in [0.15, 0.2) is 67.0 Å². The second-order valence-electron chi connectivity index (χ2n) is 6.48.